The number of amides is 1. The molecule has 0 aliphatic rings. The highest BCUT2D eigenvalue weighted by molar-refractivity contribution is 6.30. The lowest BCUT2D eigenvalue weighted by molar-refractivity contribution is -0.288. The van der Waals surface area contributed by atoms with Crippen LogP contribution in [-0.4, -0.2) is 29.0 Å². The maximum absolute atomic E-state index is 11.9. The van der Waals surface area contributed by atoms with Gasteiger partial charge in [0.15, 0.2) is 11.6 Å². The second kappa shape index (κ2) is 10.1. The van der Waals surface area contributed by atoms with Gasteiger partial charge in [-0.1, -0.05) is 44.5 Å². The molecular weight excluding hydrogens is 433 g/mol. The van der Waals surface area contributed by atoms with Crippen molar-refractivity contribution in [1.82, 2.24) is 15.3 Å². The minimum Gasteiger partial charge on any atom is -0.476 e. The molecule has 2 aromatic carbocycles. The van der Waals surface area contributed by atoms with Crippen LogP contribution in [0.25, 0.3) is 22.5 Å². The quantitative estimate of drug-likeness (QED) is 0.500. The second-order valence-electron chi connectivity index (χ2n) is 8.14. The number of aromatic nitrogens is 2. The van der Waals surface area contributed by atoms with E-state index in [1.54, 1.807) is 6.20 Å². The van der Waals surface area contributed by atoms with Crippen molar-refractivity contribution in [3.8, 4) is 28.4 Å². The Hall–Kier alpha value is -2.63. The van der Waals surface area contributed by atoms with E-state index in [-0.39, 0.29) is 5.91 Å². The van der Waals surface area contributed by atoms with E-state index >= 15 is 0 Å². The van der Waals surface area contributed by atoms with E-state index < -0.39 is 5.41 Å². The summed E-state index contributed by atoms with van der Waals surface area (Å²) in [7, 11) is 0. The zero-order chi connectivity index (χ0) is 22.4. The van der Waals surface area contributed by atoms with Gasteiger partial charge in [0.05, 0.1) is 18.5 Å². The number of rotatable bonds is 7. The molecule has 0 unspecified atom stereocenters. The van der Waals surface area contributed by atoms with Gasteiger partial charge >= 0.3 is 0 Å². The number of hydrogen-bond donors (Lipinski definition) is 1. The van der Waals surface area contributed by atoms with Crippen molar-refractivity contribution in [1.29, 1.82) is 0 Å². The van der Waals surface area contributed by atoms with Gasteiger partial charge in [-0.3, -0.25) is 4.79 Å². The van der Waals surface area contributed by atoms with E-state index in [4.69, 9.17) is 32.9 Å². The first-order chi connectivity index (χ1) is 14.7. The molecule has 0 aliphatic carbocycles. The summed E-state index contributed by atoms with van der Waals surface area (Å²) in [6.07, 6.45) is 2.28. The average molecular weight is 459 g/mol. The largest absolute Gasteiger partial charge is 0.476 e. The predicted octanol–water partition coefficient (Wildman–Crippen LogP) is 5.09. The molecule has 0 atom stereocenters. The van der Waals surface area contributed by atoms with Crippen LogP contribution in [0.4, 0.5) is 0 Å². The van der Waals surface area contributed by atoms with Crippen molar-refractivity contribution >= 4 is 17.5 Å². The van der Waals surface area contributed by atoms with E-state index in [1.807, 2.05) is 69.3 Å². The van der Waals surface area contributed by atoms with E-state index in [1.165, 1.54) is 0 Å². The van der Waals surface area contributed by atoms with Crippen LogP contribution < -0.4 is 10.1 Å². The van der Waals surface area contributed by atoms with Crippen molar-refractivity contribution in [2.75, 3.05) is 13.2 Å². The minimum atomic E-state index is -0.403. The Balaban J connectivity index is 1.75. The molecule has 0 fully saturated rings. The first-order valence-electron chi connectivity index (χ1n) is 10.1. The Bertz CT molecular complexity index is 1030. The number of benzene rings is 2. The van der Waals surface area contributed by atoms with Gasteiger partial charge in [-0.15, -0.1) is 0 Å². The second-order valence-corrected chi connectivity index (χ2v) is 9.05. The summed E-state index contributed by atoms with van der Waals surface area (Å²) in [5.41, 5.74) is 2.84. The lowest BCUT2D eigenvalue weighted by atomic mass is 9.96. The molecule has 0 saturated heterocycles. The monoisotopic (exact) mass is 458 g/mol. The number of carbonyl (C=O) groups excluding carboxylic acids is 1. The summed E-state index contributed by atoms with van der Waals surface area (Å²) in [5.74, 6) is 0.449. The molecule has 5 nitrogen and oxygen atoms in total. The van der Waals surface area contributed by atoms with Gasteiger partial charge in [0.2, 0.25) is 16.8 Å². The van der Waals surface area contributed by atoms with Crippen LogP contribution >= 0.6 is 11.6 Å². The standard InChI is InChI=1S/C24H25Cl2N3O2/c1-24(2,3)23(30)27-13-4-14-31-20-15-28-21(16-5-9-18(25)10-6-16)22(29-20)17-7-11-19(26)12-8-17/h5-12,15,26H,4,13-14H2,1-3H3/p+1. The van der Waals surface area contributed by atoms with Crippen LogP contribution in [-0.2, 0) is 4.79 Å². The van der Waals surface area contributed by atoms with Gasteiger partial charge in [-0.2, -0.15) is 0 Å². The highest BCUT2D eigenvalue weighted by Gasteiger charge is 2.20. The fourth-order valence-electron chi connectivity index (χ4n) is 2.79. The Morgan fingerprint density at radius 1 is 1.03 bits per heavy atom. The van der Waals surface area contributed by atoms with Gasteiger partial charge < -0.3 is 10.1 Å². The third-order valence-electron chi connectivity index (χ3n) is 4.53. The summed E-state index contributed by atoms with van der Waals surface area (Å²) >= 11 is 11.2. The van der Waals surface area contributed by atoms with Crippen molar-refractivity contribution in [3.05, 3.63) is 64.8 Å². The topological polar surface area (TPSA) is 64.1 Å². The molecular formula is C24H26Cl2N3O2+. The number of ether oxygens (including phenoxy) is 1. The van der Waals surface area contributed by atoms with E-state index in [2.05, 4.69) is 10.3 Å². The number of halogens is 2. The molecule has 0 aliphatic heterocycles. The van der Waals surface area contributed by atoms with E-state index in [0.29, 0.717) is 36.2 Å². The number of nitrogens with zero attached hydrogens (tertiary/aromatic N) is 2. The molecule has 1 amide bonds. The molecule has 1 heterocycles. The smallest absolute Gasteiger partial charge is 0.232 e. The minimum absolute atomic E-state index is 0.0204. The van der Waals surface area contributed by atoms with Gasteiger partial charge in [0.1, 0.15) is 5.69 Å². The van der Waals surface area contributed by atoms with Crippen LogP contribution in [0.2, 0.25) is 10.0 Å². The first-order valence-corrected chi connectivity index (χ1v) is 10.8. The van der Waals surface area contributed by atoms with Crippen LogP contribution in [0.3, 0.4) is 0 Å². The van der Waals surface area contributed by atoms with Gasteiger partial charge in [0.25, 0.3) is 0 Å². The van der Waals surface area contributed by atoms with Crippen molar-refractivity contribution in [2.24, 2.45) is 5.41 Å². The summed E-state index contributed by atoms with van der Waals surface area (Å²) in [6, 6.07) is 15.1. The number of hydrogen-bond acceptors (Lipinski definition) is 4. The Morgan fingerprint density at radius 2 is 1.65 bits per heavy atom. The number of nitrogens with one attached hydrogen (secondary N) is 1. The maximum Gasteiger partial charge on any atom is 0.232 e. The first kappa shape index (κ1) is 23.0. The van der Waals surface area contributed by atoms with Gasteiger partial charge in [-0.25, -0.2) is 9.97 Å². The lowest BCUT2D eigenvalue weighted by Gasteiger charge is -2.17. The fraction of sp³-hybridized carbons (Fsp3) is 0.292. The summed E-state index contributed by atoms with van der Waals surface area (Å²) < 4.78 is 5.80. The third kappa shape index (κ3) is 6.42. The summed E-state index contributed by atoms with van der Waals surface area (Å²) in [6.45, 7) is 6.62. The predicted molar refractivity (Wildman–Crippen MR) is 121 cm³/mol. The van der Waals surface area contributed by atoms with E-state index in [0.717, 1.165) is 21.8 Å². The molecule has 7 heteroatoms. The van der Waals surface area contributed by atoms with Crippen molar-refractivity contribution in [2.45, 2.75) is 27.2 Å². The zero-order valence-corrected chi connectivity index (χ0v) is 19.4. The van der Waals surface area contributed by atoms with Gasteiger partial charge in [-0.05, 0) is 30.7 Å². The molecule has 0 bridgehead atoms. The van der Waals surface area contributed by atoms with Crippen LogP contribution in [0.5, 0.6) is 5.88 Å². The third-order valence-corrected chi connectivity index (χ3v) is 5.06. The highest BCUT2D eigenvalue weighted by atomic mass is 35.5. The molecule has 0 saturated carbocycles. The molecule has 3 aromatic rings. The van der Waals surface area contributed by atoms with Crippen LogP contribution in [0.15, 0.2) is 54.7 Å². The Kier molecular flexibility index (Phi) is 7.52. The molecule has 0 spiro atoms. The van der Waals surface area contributed by atoms with Gasteiger partial charge in [0, 0.05) is 40.2 Å². The average Bonchev–Trinajstić information content (AvgIpc) is 2.74. The Labute approximate surface area is 192 Å². The zero-order valence-electron chi connectivity index (χ0n) is 17.8. The highest BCUT2D eigenvalue weighted by Crippen LogP contribution is 2.31. The van der Waals surface area contributed by atoms with Crippen LogP contribution in [0, 0.1) is 17.0 Å². The normalized spacial score (nSPS) is 11.3. The Morgan fingerprint density at radius 3 is 2.29 bits per heavy atom. The number of carbonyl (C=O) groups is 1. The molecule has 1 aromatic heterocycles. The summed E-state index contributed by atoms with van der Waals surface area (Å²) in [4.78, 5) is 21.2. The van der Waals surface area contributed by atoms with E-state index in [9.17, 15) is 4.79 Å². The molecule has 1 N–H and O–H groups in total. The van der Waals surface area contributed by atoms with Crippen molar-refractivity contribution < 1.29 is 21.1 Å². The van der Waals surface area contributed by atoms with Crippen LogP contribution in [0.1, 0.15) is 27.2 Å². The molecule has 162 valence electrons. The van der Waals surface area contributed by atoms with Crippen molar-refractivity contribution in [3.63, 3.8) is 0 Å². The SMILES string of the molecule is CC(C)(C)C(=O)NCCCOc1cnc(-c2ccc(Cl)cc2)c(-c2ccc([ClH+])cc2)n1. The molecule has 0 radical (unpaired) electrons. The fourth-order valence-corrected chi connectivity index (χ4v) is 3.05. The molecule has 31 heavy (non-hydrogen) atoms. The maximum atomic E-state index is 11.9. The lowest BCUT2D eigenvalue weighted by Crippen LogP contribution is -2.35. The summed E-state index contributed by atoms with van der Waals surface area (Å²) in [5, 5.41) is 4.33. The molecule has 3 rings (SSSR count).